The van der Waals surface area contributed by atoms with Gasteiger partial charge < -0.3 is 14.7 Å². The number of aliphatic hydroxyl groups excluding tert-OH is 1. The number of hydrogen-bond acceptors (Lipinski definition) is 5. The highest BCUT2D eigenvalue weighted by Gasteiger charge is 2.19. The van der Waals surface area contributed by atoms with Crippen LogP contribution >= 0.6 is 0 Å². The van der Waals surface area contributed by atoms with Gasteiger partial charge >= 0.3 is 0 Å². The molecule has 1 aliphatic rings. The number of carbonyl (C=O) groups is 1. The first-order valence-corrected chi connectivity index (χ1v) is 10.1. The Hall–Kier alpha value is -2.37. The molecule has 5 heteroatoms. The van der Waals surface area contributed by atoms with Crippen molar-refractivity contribution in [3.63, 3.8) is 0 Å². The van der Waals surface area contributed by atoms with Crippen molar-refractivity contribution in [3.05, 3.63) is 60.2 Å². The van der Waals surface area contributed by atoms with Gasteiger partial charge in [-0.3, -0.25) is 9.69 Å². The first-order valence-electron chi connectivity index (χ1n) is 10.1. The van der Waals surface area contributed by atoms with Gasteiger partial charge in [0.1, 0.15) is 18.5 Å². The van der Waals surface area contributed by atoms with Gasteiger partial charge in [0.15, 0.2) is 5.78 Å². The fourth-order valence-corrected chi connectivity index (χ4v) is 3.48. The number of piperazine rings is 1. The van der Waals surface area contributed by atoms with Crippen molar-refractivity contribution in [2.75, 3.05) is 44.2 Å². The number of Topliss-reactive ketones (excluding diaryl/α,β-unsaturated/α-hetero) is 1. The number of benzene rings is 2. The number of anilines is 1. The van der Waals surface area contributed by atoms with Crippen molar-refractivity contribution in [1.29, 1.82) is 0 Å². The summed E-state index contributed by atoms with van der Waals surface area (Å²) in [5.74, 6) is 0.838. The third kappa shape index (κ3) is 5.81. The highest BCUT2D eigenvalue weighted by Crippen LogP contribution is 2.17. The predicted molar refractivity (Wildman–Crippen MR) is 112 cm³/mol. The molecule has 1 aliphatic heterocycles. The molecule has 1 unspecified atom stereocenters. The molecule has 0 bridgehead atoms. The Morgan fingerprint density at radius 2 is 1.71 bits per heavy atom. The van der Waals surface area contributed by atoms with Gasteiger partial charge in [-0.25, -0.2) is 0 Å². The molecule has 3 rings (SSSR count). The molecular weight excluding hydrogens is 352 g/mol. The number of β-amino-alcohol motifs (C(OH)–C–C–N with tert-alkyl or cyclic N) is 1. The zero-order valence-electron chi connectivity index (χ0n) is 16.6. The van der Waals surface area contributed by atoms with E-state index in [1.807, 2.05) is 13.0 Å². The SMILES string of the molecule is CCCC(=O)c1ccc(OCC(O)CN2CCN(c3ccccc3)CC2)cc1. The Morgan fingerprint density at radius 1 is 1.04 bits per heavy atom. The van der Waals surface area contributed by atoms with Crippen LogP contribution in [0.25, 0.3) is 0 Å². The molecule has 1 saturated heterocycles. The van der Waals surface area contributed by atoms with Gasteiger partial charge in [0.2, 0.25) is 0 Å². The van der Waals surface area contributed by atoms with Crippen LogP contribution in [0.3, 0.4) is 0 Å². The van der Waals surface area contributed by atoms with Gasteiger partial charge in [-0.1, -0.05) is 25.1 Å². The molecule has 0 amide bonds. The number of aliphatic hydroxyl groups is 1. The van der Waals surface area contributed by atoms with E-state index in [4.69, 9.17) is 4.74 Å². The van der Waals surface area contributed by atoms with E-state index in [0.717, 1.165) is 32.6 Å². The second-order valence-electron chi connectivity index (χ2n) is 7.29. The van der Waals surface area contributed by atoms with Crippen molar-refractivity contribution in [2.45, 2.75) is 25.9 Å². The van der Waals surface area contributed by atoms with Crippen LogP contribution < -0.4 is 9.64 Å². The first kappa shape index (κ1) is 20.4. The highest BCUT2D eigenvalue weighted by molar-refractivity contribution is 5.96. The third-order valence-electron chi connectivity index (χ3n) is 5.06. The Balaban J connectivity index is 1.39. The smallest absolute Gasteiger partial charge is 0.162 e. The van der Waals surface area contributed by atoms with Crippen molar-refractivity contribution in [2.24, 2.45) is 0 Å². The van der Waals surface area contributed by atoms with Gasteiger partial charge in [0, 0.05) is 50.4 Å². The van der Waals surface area contributed by atoms with E-state index < -0.39 is 6.10 Å². The first-order chi connectivity index (χ1) is 13.7. The lowest BCUT2D eigenvalue weighted by atomic mass is 10.1. The second kappa shape index (κ2) is 10.2. The molecule has 28 heavy (non-hydrogen) atoms. The molecule has 0 aromatic heterocycles. The van der Waals surface area contributed by atoms with Crippen LogP contribution in [0, 0.1) is 0 Å². The molecule has 0 radical (unpaired) electrons. The van der Waals surface area contributed by atoms with E-state index in [0.29, 0.717) is 24.3 Å². The van der Waals surface area contributed by atoms with Crippen LogP contribution in [0.5, 0.6) is 5.75 Å². The number of nitrogens with zero attached hydrogens (tertiary/aromatic N) is 2. The summed E-state index contributed by atoms with van der Waals surface area (Å²) >= 11 is 0. The molecule has 1 fully saturated rings. The molecule has 1 atom stereocenters. The summed E-state index contributed by atoms with van der Waals surface area (Å²) in [6.07, 6.45) is 0.879. The average molecular weight is 383 g/mol. The lowest BCUT2D eigenvalue weighted by Crippen LogP contribution is -2.49. The largest absolute Gasteiger partial charge is 0.491 e. The molecule has 1 N–H and O–H groups in total. The Bertz CT molecular complexity index is 725. The maximum atomic E-state index is 11.9. The van der Waals surface area contributed by atoms with E-state index >= 15 is 0 Å². The minimum absolute atomic E-state index is 0.156. The summed E-state index contributed by atoms with van der Waals surface area (Å²) in [5.41, 5.74) is 1.97. The van der Waals surface area contributed by atoms with Crippen molar-refractivity contribution in [1.82, 2.24) is 4.90 Å². The highest BCUT2D eigenvalue weighted by atomic mass is 16.5. The minimum atomic E-state index is -0.537. The van der Waals surface area contributed by atoms with Gasteiger partial charge in [0.25, 0.3) is 0 Å². The fourth-order valence-electron chi connectivity index (χ4n) is 3.48. The molecule has 2 aromatic rings. The number of rotatable bonds is 9. The lowest BCUT2D eigenvalue weighted by molar-refractivity contribution is 0.0663. The van der Waals surface area contributed by atoms with Crippen LogP contribution in [-0.4, -0.2) is 61.2 Å². The van der Waals surface area contributed by atoms with Crippen LogP contribution in [0.15, 0.2) is 54.6 Å². The van der Waals surface area contributed by atoms with Gasteiger partial charge in [-0.15, -0.1) is 0 Å². The standard InChI is InChI=1S/C23H30N2O3/c1-2-6-23(27)19-9-11-22(12-10-19)28-18-21(26)17-24-13-15-25(16-14-24)20-7-4-3-5-8-20/h3-5,7-12,21,26H,2,6,13-18H2,1H3. The lowest BCUT2D eigenvalue weighted by Gasteiger charge is -2.36. The molecule has 150 valence electrons. The normalized spacial score (nSPS) is 16.0. The zero-order chi connectivity index (χ0) is 19.8. The van der Waals surface area contributed by atoms with E-state index in [1.165, 1.54) is 5.69 Å². The van der Waals surface area contributed by atoms with Crippen LogP contribution in [0.2, 0.25) is 0 Å². The summed E-state index contributed by atoms with van der Waals surface area (Å²) in [6, 6.07) is 17.6. The summed E-state index contributed by atoms with van der Waals surface area (Å²) < 4.78 is 5.70. The van der Waals surface area contributed by atoms with E-state index in [9.17, 15) is 9.90 Å². The number of carbonyl (C=O) groups excluding carboxylic acids is 1. The molecule has 1 heterocycles. The topological polar surface area (TPSA) is 53.0 Å². The average Bonchev–Trinajstić information content (AvgIpc) is 2.74. The maximum absolute atomic E-state index is 11.9. The predicted octanol–water partition coefficient (Wildman–Crippen LogP) is 3.23. The van der Waals surface area contributed by atoms with Crippen LogP contribution in [0.4, 0.5) is 5.69 Å². The van der Waals surface area contributed by atoms with Crippen molar-refractivity contribution >= 4 is 11.5 Å². The Morgan fingerprint density at radius 3 is 2.36 bits per heavy atom. The van der Waals surface area contributed by atoms with E-state index in [-0.39, 0.29) is 12.4 Å². The summed E-state index contributed by atoms with van der Waals surface area (Å²) in [6.45, 7) is 6.64. The summed E-state index contributed by atoms with van der Waals surface area (Å²) in [7, 11) is 0. The molecule has 2 aromatic carbocycles. The minimum Gasteiger partial charge on any atom is -0.491 e. The summed E-state index contributed by atoms with van der Waals surface area (Å²) in [5, 5.41) is 10.3. The van der Waals surface area contributed by atoms with E-state index in [2.05, 4.69) is 34.1 Å². The van der Waals surface area contributed by atoms with Gasteiger partial charge in [0.05, 0.1) is 0 Å². The number of ketones is 1. The van der Waals surface area contributed by atoms with Gasteiger partial charge in [-0.05, 0) is 42.8 Å². The number of para-hydroxylation sites is 1. The zero-order valence-corrected chi connectivity index (χ0v) is 16.6. The molecule has 5 nitrogen and oxygen atoms in total. The fraction of sp³-hybridized carbons (Fsp3) is 0.435. The molecule has 0 saturated carbocycles. The molecule has 0 aliphatic carbocycles. The molecule has 0 spiro atoms. The third-order valence-corrected chi connectivity index (χ3v) is 5.06. The van der Waals surface area contributed by atoms with Crippen molar-refractivity contribution < 1.29 is 14.6 Å². The Kier molecular flexibility index (Phi) is 7.46. The van der Waals surface area contributed by atoms with Gasteiger partial charge in [-0.2, -0.15) is 0 Å². The Labute approximate surface area is 167 Å². The second-order valence-corrected chi connectivity index (χ2v) is 7.29. The van der Waals surface area contributed by atoms with Crippen molar-refractivity contribution in [3.8, 4) is 5.75 Å². The van der Waals surface area contributed by atoms with Crippen LogP contribution in [0.1, 0.15) is 30.1 Å². The quantitative estimate of drug-likeness (QED) is 0.675. The van der Waals surface area contributed by atoms with E-state index in [1.54, 1.807) is 24.3 Å². The number of ether oxygens (including phenoxy) is 1. The maximum Gasteiger partial charge on any atom is 0.162 e. The monoisotopic (exact) mass is 382 g/mol. The van der Waals surface area contributed by atoms with Crippen LogP contribution in [-0.2, 0) is 0 Å². The molecular formula is C23H30N2O3. The summed E-state index contributed by atoms with van der Waals surface area (Å²) in [4.78, 5) is 16.5. The number of hydrogen-bond donors (Lipinski definition) is 1.